The van der Waals surface area contributed by atoms with Gasteiger partial charge in [-0.2, -0.15) is 5.26 Å². The fourth-order valence-corrected chi connectivity index (χ4v) is 4.78. The second-order valence-electron chi connectivity index (χ2n) is 8.84. The highest BCUT2D eigenvalue weighted by Gasteiger charge is 2.17. The van der Waals surface area contributed by atoms with E-state index in [1.165, 1.54) is 37.5 Å². The quantitative estimate of drug-likeness (QED) is 0.0742. The third kappa shape index (κ3) is 6.90. The number of nitriles is 1. The summed E-state index contributed by atoms with van der Waals surface area (Å²) in [6.07, 6.45) is 3.18. The summed E-state index contributed by atoms with van der Waals surface area (Å²) >= 11 is 1.14. The van der Waals surface area contributed by atoms with E-state index in [0.717, 1.165) is 34.1 Å². The number of hydrogen-bond acceptors (Lipinski definition) is 10. The topological polar surface area (TPSA) is 152 Å². The van der Waals surface area contributed by atoms with Gasteiger partial charge in [-0.1, -0.05) is 11.8 Å². The zero-order valence-corrected chi connectivity index (χ0v) is 23.5. The first-order chi connectivity index (χ1) is 19.7. The highest BCUT2D eigenvalue weighted by molar-refractivity contribution is 7.99. The number of aryl methyl sites for hydroxylation is 2. The Labute approximate surface area is 240 Å². The number of thioether (sulfide) groups is 1. The number of hydrogen-bond donors (Lipinski definition) is 2. The van der Waals surface area contributed by atoms with Gasteiger partial charge in [0.15, 0.2) is 16.7 Å². The number of allylic oxidation sites excluding steroid dienone is 1. The molecule has 208 valence electrons. The normalized spacial score (nSPS) is 10.8. The molecule has 0 aliphatic heterocycles. The molecule has 0 radical (unpaired) electrons. The minimum absolute atomic E-state index is 0.00715. The smallest absolute Gasteiger partial charge is 0.269 e. The molecule has 0 saturated carbocycles. The average molecular weight is 571 g/mol. The summed E-state index contributed by atoms with van der Waals surface area (Å²) in [4.78, 5) is 32.4. The van der Waals surface area contributed by atoms with Gasteiger partial charge < -0.3 is 20.1 Å². The van der Waals surface area contributed by atoms with E-state index in [1.807, 2.05) is 32.0 Å². The first-order valence-electron chi connectivity index (χ1n) is 12.3. The van der Waals surface area contributed by atoms with Crippen LogP contribution in [-0.4, -0.2) is 40.8 Å². The zero-order valence-electron chi connectivity index (χ0n) is 22.7. The second kappa shape index (κ2) is 12.8. The fourth-order valence-electron chi connectivity index (χ4n) is 4.13. The Hall–Kier alpha value is -5.15. The number of anilines is 3. The van der Waals surface area contributed by atoms with Crippen LogP contribution in [0.5, 0.6) is 11.5 Å². The number of non-ortho nitro benzene ring substituents is 1. The molecule has 1 amide bonds. The average Bonchev–Trinajstić information content (AvgIpc) is 2.96. The van der Waals surface area contributed by atoms with Gasteiger partial charge in [0.2, 0.25) is 5.91 Å². The number of amides is 1. The fraction of sp³-hybridized carbons (Fsp3) is 0.172. The molecule has 0 atom stereocenters. The van der Waals surface area contributed by atoms with Crippen LogP contribution in [0, 0.1) is 35.3 Å². The predicted molar refractivity (Wildman–Crippen MR) is 159 cm³/mol. The van der Waals surface area contributed by atoms with Crippen molar-refractivity contribution in [3.8, 4) is 17.6 Å². The molecule has 0 bridgehead atoms. The summed E-state index contributed by atoms with van der Waals surface area (Å²) in [5, 5.41) is 26.9. The number of carbonyl (C=O) groups is 1. The SMILES string of the molecule is COc1cc2nc(SCC(=O)Nc3ccc([N+](=O)[O-])cc3)nc(Nc3c(C)cc(/C=C/C#N)cc3C)c2cc1OC. The number of rotatable bonds is 10. The van der Waals surface area contributed by atoms with Crippen molar-refractivity contribution in [1.82, 2.24) is 9.97 Å². The zero-order chi connectivity index (χ0) is 29.5. The van der Waals surface area contributed by atoms with Gasteiger partial charge in [0.25, 0.3) is 5.69 Å². The summed E-state index contributed by atoms with van der Waals surface area (Å²) in [5.74, 6) is 1.22. The molecule has 3 aromatic carbocycles. The van der Waals surface area contributed by atoms with Gasteiger partial charge in [0.1, 0.15) is 5.82 Å². The standard InChI is InChI=1S/C29H26N6O5S/c1-17-12-19(6-5-11-30)13-18(2)27(17)33-28-22-14-24(39-3)25(40-4)15-23(22)32-29(34-28)41-16-26(36)31-20-7-9-21(10-8-20)35(37)38/h5-10,12-15H,16H2,1-4H3,(H,31,36)(H,32,33,34)/b6-5+. The first kappa shape index (κ1) is 28.8. The summed E-state index contributed by atoms with van der Waals surface area (Å²) in [6.45, 7) is 3.93. The molecule has 1 aromatic heterocycles. The van der Waals surface area contributed by atoms with Crippen LogP contribution in [0.3, 0.4) is 0 Å². The van der Waals surface area contributed by atoms with E-state index >= 15 is 0 Å². The van der Waals surface area contributed by atoms with E-state index in [1.54, 1.807) is 25.3 Å². The molecule has 41 heavy (non-hydrogen) atoms. The van der Waals surface area contributed by atoms with Gasteiger partial charge in [0, 0.05) is 41.0 Å². The van der Waals surface area contributed by atoms with Crippen molar-refractivity contribution in [2.24, 2.45) is 0 Å². The van der Waals surface area contributed by atoms with Gasteiger partial charge >= 0.3 is 0 Å². The molecule has 0 saturated heterocycles. The van der Waals surface area contributed by atoms with Gasteiger partial charge in [-0.05, 0) is 66.9 Å². The molecule has 0 aliphatic carbocycles. The maximum Gasteiger partial charge on any atom is 0.269 e. The summed E-state index contributed by atoms with van der Waals surface area (Å²) in [7, 11) is 3.09. The maximum atomic E-state index is 12.6. The van der Waals surface area contributed by atoms with Gasteiger partial charge in [-0.3, -0.25) is 14.9 Å². The predicted octanol–water partition coefficient (Wildman–Crippen LogP) is 6.18. The van der Waals surface area contributed by atoms with Crippen LogP contribution in [0.2, 0.25) is 0 Å². The Balaban J connectivity index is 1.65. The molecule has 2 N–H and O–H groups in total. The van der Waals surface area contributed by atoms with Crippen LogP contribution < -0.4 is 20.1 Å². The van der Waals surface area contributed by atoms with Crippen LogP contribution in [0.4, 0.5) is 22.9 Å². The molecule has 1 heterocycles. The molecule has 0 aliphatic rings. The number of ether oxygens (including phenoxy) is 2. The number of benzene rings is 3. The minimum atomic E-state index is -0.502. The molecular formula is C29H26N6O5S. The van der Waals surface area contributed by atoms with Crippen LogP contribution in [0.15, 0.2) is 59.8 Å². The Kier molecular flexibility index (Phi) is 9.01. The third-order valence-electron chi connectivity index (χ3n) is 6.02. The molecule has 4 rings (SSSR count). The van der Waals surface area contributed by atoms with Gasteiger partial charge in [-0.25, -0.2) is 9.97 Å². The number of nitrogens with one attached hydrogen (secondary N) is 2. The highest BCUT2D eigenvalue weighted by Crippen LogP contribution is 2.37. The maximum absolute atomic E-state index is 12.6. The lowest BCUT2D eigenvalue weighted by atomic mass is 10.0. The lowest BCUT2D eigenvalue weighted by Crippen LogP contribution is -2.14. The number of carbonyl (C=O) groups excluding carboxylic acids is 1. The molecule has 0 fully saturated rings. The first-order valence-corrected chi connectivity index (χ1v) is 13.3. The van der Waals surface area contributed by atoms with Crippen LogP contribution in [0.25, 0.3) is 17.0 Å². The highest BCUT2D eigenvalue weighted by atomic mass is 32.2. The molecule has 11 nitrogen and oxygen atoms in total. The number of fused-ring (bicyclic) bond motifs is 1. The number of aromatic nitrogens is 2. The van der Waals surface area contributed by atoms with Crippen molar-refractivity contribution in [3.63, 3.8) is 0 Å². The van der Waals surface area contributed by atoms with Crippen molar-refractivity contribution in [2.45, 2.75) is 19.0 Å². The lowest BCUT2D eigenvalue weighted by Gasteiger charge is -2.17. The van der Waals surface area contributed by atoms with Crippen LogP contribution in [-0.2, 0) is 4.79 Å². The Bertz CT molecular complexity index is 1680. The molecule has 0 spiro atoms. The van der Waals surface area contributed by atoms with E-state index in [-0.39, 0.29) is 17.3 Å². The second-order valence-corrected chi connectivity index (χ2v) is 9.78. The molecule has 12 heteroatoms. The van der Waals surface area contributed by atoms with Crippen molar-refractivity contribution < 1.29 is 19.2 Å². The van der Waals surface area contributed by atoms with Crippen LogP contribution >= 0.6 is 11.8 Å². The van der Waals surface area contributed by atoms with Crippen molar-refractivity contribution in [3.05, 3.63) is 81.4 Å². The van der Waals surface area contributed by atoms with E-state index in [4.69, 9.17) is 19.7 Å². The van der Waals surface area contributed by atoms with Crippen molar-refractivity contribution in [1.29, 1.82) is 5.26 Å². The van der Waals surface area contributed by atoms with E-state index in [9.17, 15) is 14.9 Å². The van der Waals surface area contributed by atoms with E-state index < -0.39 is 4.92 Å². The Morgan fingerprint density at radius 1 is 1.07 bits per heavy atom. The van der Waals surface area contributed by atoms with Crippen LogP contribution in [0.1, 0.15) is 16.7 Å². The molecule has 4 aromatic rings. The summed E-state index contributed by atoms with van der Waals surface area (Å²) in [5.41, 5.74) is 4.62. The monoisotopic (exact) mass is 570 g/mol. The molecule has 0 unspecified atom stereocenters. The number of nitro groups is 1. The largest absolute Gasteiger partial charge is 0.493 e. The summed E-state index contributed by atoms with van der Waals surface area (Å²) < 4.78 is 11.0. The van der Waals surface area contributed by atoms with Gasteiger partial charge in [-0.15, -0.1) is 0 Å². The van der Waals surface area contributed by atoms with E-state index in [2.05, 4.69) is 15.6 Å². The number of nitro benzene ring substituents is 1. The lowest BCUT2D eigenvalue weighted by molar-refractivity contribution is -0.384. The Morgan fingerprint density at radius 3 is 2.34 bits per heavy atom. The van der Waals surface area contributed by atoms with Gasteiger partial charge in [0.05, 0.1) is 36.5 Å². The third-order valence-corrected chi connectivity index (χ3v) is 6.87. The number of methoxy groups -OCH3 is 2. The van der Waals surface area contributed by atoms with Crippen molar-refractivity contribution >= 4 is 57.5 Å². The van der Waals surface area contributed by atoms with E-state index in [0.29, 0.717) is 39.1 Å². The van der Waals surface area contributed by atoms with Crippen molar-refractivity contribution in [2.75, 3.05) is 30.6 Å². The molecular weight excluding hydrogens is 544 g/mol. The summed E-state index contributed by atoms with van der Waals surface area (Å²) in [6, 6.07) is 15.1. The minimum Gasteiger partial charge on any atom is -0.493 e. The number of nitrogens with zero attached hydrogens (tertiary/aromatic N) is 4. The Morgan fingerprint density at radius 2 is 1.73 bits per heavy atom.